The first-order valence-electron chi connectivity index (χ1n) is 17.6. The predicted octanol–water partition coefficient (Wildman–Crippen LogP) is 14.3. The van der Waals surface area contributed by atoms with Crippen molar-refractivity contribution in [3.05, 3.63) is 181 Å². The molecular formula is C50H38. The molecule has 0 fully saturated rings. The highest BCUT2D eigenvalue weighted by Gasteiger charge is 2.22. The molecule has 0 aliphatic heterocycles. The molecule has 0 heterocycles. The fraction of sp³-hybridized carbons (Fsp3) is 0.0800. The standard InChI is InChI=1S/C50H38/c1-50(2,3)39-29-30-46-47(32-39)49(43-19-9-8-18-42(43)41-22-12-16-35-14-6-7-17-40(35)41)45-21-11-10-20-44(45)48(46)36-26-23-34(24-27-36)38-28-25-33-13-4-5-15-37(33)31-38/h4-32H,1-3H3. The van der Waals surface area contributed by atoms with E-state index >= 15 is 0 Å². The lowest BCUT2D eigenvalue weighted by Crippen LogP contribution is -2.10. The maximum absolute atomic E-state index is 2.46. The minimum atomic E-state index is 0.00786. The van der Waals surface area contributed by atoms with Gasteiger partial charge in [-0.3, -0.25) is 0 Å². The first-order valence-corrected chi connectivity index (χ1v) is 17.6. The third-order valence-electron chi connectivity index (χ3n) is 10.4. The molecule has 0 aliphatic carbocycles. The van der Waals surface area contributed by atoms with E-state index in [2.05, 4.69) is 197 Å². The van der Waals surface area contributed by atoms with E-state index in [-0.39, 0.29) is 5.41 Å². The molecule has 0 nitrogen and oxygen atoms in total. The van der Waals surface area contributed by atoms with Gasteiger partial charge in [-0.05, 0) is 111 Å². The topological polar surface area (TPSA) is 0 Å². The molecule has 9 aromatic carbocycles. The summed E-state index contributed by atoms with van der Waals surface area (Å²) < 4.78 is 0. The lowest BCUT2D eigenvalue weighted by molar-refractivity contribution is 0.591. The summed E-state index contributed by atoms with van der Waals surface area (Å²) in [6.45, 7) is 6.93. The lowest BCUT2D eigenvalue weighted by atomic mass is 9.80. The Morgan fingerprint density at radius 2 is 0.840 bits per heavy atom. The Balaban J connectivity index is 1.31. The molecule has 0 heteroatoms. The monoisotopic (exact) mass is 638 g/mol. The third-order valence-corrected chi connectivity index (χ3v) is 10.4. The maximum Gasteiger partial charge on any atom is -0.00200 e. The van der Waals surface area contributed by atoms with E-state index in [9.17, 15) is 0 Å². The summed E-state index contributed by atoms with van der Waals surface area (Å²) in [5.74, 6) is 0. The van der Waals surface area contributed by atoms with Gasteiger partial charge < -0.3 is 0 Å². The van der Waals surface area contributed by atoms with Gasteiger partial charge in [0.2, 0.25) is 0 Å². The van der Waals surface area contributed by atoms with E-state index < -0.39 is 0 Å². The quantitative estimate of drug-likeness (QED) is 0.168. The molecule has 0 N–H and O–H groups in total. The SMILES string of the molecule is CC(C)(C)c1ccc2c(-c3ccc(-c4ccc5ccccc5c4)cc3)c3ccccc3c(-c3ccccc3-c3cccc4ccccc34)c2c1. The zero-order valence-corrected chi connectivity index (χ0v) is 28.7. The fourth-order valence-electron chi connectivity index (χ4n) is 7.84. The molecule has 0 radical (unpaired) electrons. The smallest absolute Gasteiger partial charge is 0.00200 e. The highest BCUT2D eigenvalue weighted by molar-refractivity contribution is 6.23. The molecule has 0 unspecified atom stereocenters. The van der Waals surface area contributed by atoms with E-state index in [1.165, 1.54) is 93.2 Å². The molecule has 0 atom stereocenters. The third kappa shape index (κ3) is 5.08. The van der Waals surface area contributed by atoms with E-state index in [4.69, 9.17) is 0 Å². The summed E-state index contributed by atoms with van der Waals surface area (Å²) in [6, 6.07) is 65.1. The zero-order valence-electron chi connectivity index (χ0n) is 28.7. The minimum Gasteiger partial charge on any atom is -0.0616 e. The van der Waals surface area contributed by atoms with Crippen LogP contribution in [0.1, 0.15) is 26.3 Å². The molecule has 50 heavy (non-hydrogen) atoms. The average Bonchev–Trinajstić information content (AvgIpc) is 3.16. The van der Waals surface area contributed by atoms with Gasteiger partial charge in [0, 0.05) is 0 Å². The van der Waals surface area contributed by atoms with Gasteiger partial charge in [0.05, 0.1) is 0 Å². The van der Waals surface area contributed by atoms with Crippen molar-refractivity contribution in [2.75, 3.05) is 0 Å². The summed E-state index contributed by atoms with van der Waals surface area (Å²) >= 11 is 0. The Labute approximate surface area is 294 Å². The van der Waals surface area contributed by atoms with Gasteiger partial charge in [0.25, 0.3) is 0 Å². The molecule has 9 rings (SSSR count). The highest BCUT2D eigenvalue weighted by atomic mass is 14.3. The zero-order chi connectivity index (χ0) is 33.8. The van der Waals surface area contributed by atoms with Crippen molar-refractivity contribution in [1.29, 1.82) is 0 Å². The summed E-state index contributed by atoms with van der Waals surface area (Å²) in [6.07, 6.45) is 0. The van der Waals surface area contributed by atoms with Crippen LogP contribution in [0.25, 0.3) is 87.6 Å². The minimum absolute atomic E-state index is 0.00786. The van der Waals surface area contributed by atoms with Gasteiger partial charge in [-0.2, -0.15) is 0 Å². The van der Waals surface area contributed by atoms with Crippen molar-refractivity contribution in [1.82, 2.24) is 0 Å². The Morgan fingerprint density at radius 3 is 1.60 bits per heavy atom. The van der Waals surface area contributed by atoms with Crippen LogP contribution >= 0.6 is 0 Å². The van der Waals surface area contributed by atoms with Crippen molar-refractivity contribution < 1.29 is 0 Å². The van der Waals surface area contributed by atoms with Gasteiger partial charge in [-0.25, -0.2) is 0 Å². The van der Waals surface area contributed by atoms with Crippen LogP contribution < -0.4 is 0 Å². The Bertz CT molecular complexity index is 2710. The lowest BCUT2D eigenvalue weighted by Gasteiger charge is -2.24. The summed E-state index contributed by atoms with van der Waals surface area (Å²) in [7, 11) is 0. The van der Waals surface area contributed by atoms with Crippen LogP contribution in [-0.2, 0) is 5.41 Å². The van der Waals surface area contributed by atoms with E-state index in [1.54, 1.807) is 0 Å². The van der Waals surface area contributed by atoms with E-state index in [0.29, 0.717) is 0 Å². The largest absolute Gasteiger partial charge is 0.0616 e. The molecule has 0 saturated heterocycles. The fourth-order valence-corrected chi connectivity index (χ4v) is 7.84. The predicted molar refractivity (Wildman–Crippen MR) is 217 cm³/mol. The van der Waals surface area contributed by atoms with Crippen molar-refractivity contribution in [2.24, 2.45) is 0 Å². The molecule has 238 valence electrons. The van der Waals surface area contributed by atoms with Gasteiger partial charge in [0.15, 0.2) is 0 Å². The van der Waals surface area contributed by atoms with Gasteiger partial charge in [-0.1, -0.05) is 185 Å². The number of benzene rings is 9. The van der Waals surface area contributed by atoms with Crippen molar-refractivity contribution >= 4 is 43.1 Å². The summed E-state index contributed by atoms with van der Waals surface area (Å²) in [5, 5.41) is 10.2. The summed E-state index contributed by atoms with van der Waals surface area (Å²) in [5.41, 5.74) is 11.4. The van der Waals surface area contributed by atoms with Crippen molar-refractivity contribution in [3.63, 3.8) is 0 Å². The number of hydrogen-bond acceptors (Lipinski definition) is 0. The normalized spacial score (nSPS) is 11.9. The molecule has 0 amide bonds. The highest BCUT2D eigenvalue weighted by Crippen LogP contribution is 2.47. The molecule has 0 aromatic heterocycles. The van der Waals surface area contributed by atoms with Crippen molar-refractivity contribution in [3.8, 4) is 44.5 Å². The second-order valence-electron chi connectivity index (χ2n) is 14.5. The van der Waals surface area contributed by atoms with Crippen LogP contribution in [0.5, 0.6) is 0 Å². The van der Waals surface area contributed by atoms with Crippen LogP contribution in [0.4, 0.5) is 0 Å². The number of fused-ring (bicyclic) bond motifs is 4. The van der Waals surface area contributed by atoms with Crippen LogP contribution in [0, 0.1) is 0 Å². The molecule has 0 spiro atoms. The summed E-state index contributed by atoms with van der Waals surface area (Å²) in [4.78, 5) is 0. The van der Waals surface area contributed by atoms with Gasteiger partial charge in [0.1, 0.15) is 0 Å². The Hall–Kier alpha value is -5.98. The van der Waals surface area contributed by atoms with Crippen LogP contribution in [0.3, 0.4) is 0 Å². The second-order valence-corrected chi connectivity index (χ2v) is 14.5. The average molecular weight is 639 g/mol. The first-order chi connectivity index (χ1) is 24.4. The molecule has 0 aliphatic rings. The Kier molecular flexibility index (Phi) is 7.14. The Morgan fingerprint density at radius 1 is 0.300 bits per heavy atom. The van der Waals surface area contributed by atoms with Gasteiger partial charge in [-0.15, -0.1) is 0 Å². The second kappa shape index (κ2) is 11.9. The van der Waals surface area contributed by atoms with E-state index in [0.717, 1.165) is 0 Å². The van der Waals surface area contributed by atoms with Crippen LogP contribution in [0.15, 0.2) is 176 Å². The molecular weight excluding hydrogens is 601 g/mol. The number of rotatable bonds is 4. The first kappa shape index (κ1) is 30.1. The van der Waals surface area contributed by atoms with E-state index in [1.807, 2.05) is 0 Å². The molecule has 9 aromatic rings. The van der Waals surface area contributed by atoms with Crippen molar-refractivity contribution in [2.45, 2.75) is 26.2 Å². The van der Waals surface area contributed by atoms with Gasteiger partial charge >= 0.3 is 0 Å². The molecule has 0 bridgehead atoms. The molecule has 0 saturated carbocycles. The van der Waals surface area contributed by atoms with Crippen LogP contribution in [-0.4, -0.2) is 0 Å². The maximum atomic E-state index is 2.46. The number of hydrogen-bond donors (Lipinski definition) is 0. The van der Waals surface area contributed by atoms with Crippen LogP contribution in [0.2, 0.25) is 0 Å².